The summed E-state index contributed by atoms with van der Waals surface area (Å²) in [5, 5.41) is 2.98. The second kappa shape index (κ2) is 7.61. The van der Waals surface area contributed by atoms with Crippen LogP contribution in [0.4, 0.5) is 5.69 Å². The van der Waals surface area contributed by atoms with Crippen molar-refractivity contribution in [2.75, 3.05) is 5.32 Å². The van der Waals surface area contributed by atoms with Crippen LogP contribution < -0.4 is 11.1 Å². The highest BCUT2D eigenvalue weighted by molar-refractivity contribution is 6.30. The summed E-state index contributed by atoms with van der Waals surface area (Å²) in [4.78, 5) is 35.0. The summed E-state index contributed by atoms with van der Waals surface area (Å²) in [5.41, 5.74) is 6.18. The molecule has 2 aromatic carbocycles. The normalized spacial score (nSPS) is 11.4. The van der Waals surface area contributed by atoms with E-state index in [0.29, 0.717) is 16.3 Å². The predicted octanol–water partition coefficient (Wildman–Crippen LogP) is 2.62. The maximum Gasteiger partial charge on any atom is 0.338 e. The summed E-state index contributed by atoms with van der Waals surface area (Å²) in [6.07, 6.45) is -1.01. The van der Waals surface area contributed by atoms with Gasteiger partial charge in [-0.15, -0.1) is 0 Å². The van der Waals surface area contributed by atoms with Gasteiger partial charge in [-0.3, -0.25) is 9.59 Å². The molecule has 0 saturated carbocycles. The SMILES string of the molecule is C[C@H](OC(=O)c1cccc(Cl)c1)C(=O)Nc1ccc(C(N)=O)cc1. The maximum absolute atomic E-state index is 12.1. The molecule has 124 valence electrons. The smallest absolute Gasteiger partial charge is 0.338 e. The molecule has 3 N–H and O–H groups in total. The first-order valence-electron chi connectivity index (χ1n) is 7.04. The highest BCUT2D eigenvalue weighted by atomic mass is 35.5. The van der Waals surface area contributed by atoms with Crippen molar-refractivity contribution in [1.82, 2.24) is 0 Å². The average molecular weight is 347 g/mol. The zero-order valence-corrected chi connectivity index (χ0v) is 13.5. The molecule has 0 unspecified atom stereocenters. The molecule has 0 aliphatic carbocycles. The average Bonchev–Trinajstić information content (AvgIpc) is 2.55. The van der Waals surface area contributed by atoms with Gasteiger partial charge in [-0.1, -0.05) is 17.7 Å². The number of ether oxygens (including phenoxy) is 1. The molecule has 0 aliphatic rings. The van der Waals surface area contributed by atoms with Gasteiger partial charge in [0.15, 0.2) is 6.10 Å². The predicted molar refractivity (Wildman–Crippen MR) is 89.9 cm³/mol. The van der Waals surface area contributed by atoms with Crippen LogP contribution in [0.3, 0.4) is 0 Å². The fourth-order valence-electron chi connectivity index (χ4n) is 1.86. The summed E-state index contributed by atoms with van der Waals surface area (Å²) in [5.74, 6) is -1.71. The van der Waals surface area contributed by atoms with Crippen molar-refractivity contribution in [3.63, 3.8) is 0 Å². The lowest BCUT2D eigenvalue weighted by atomic mass is 10.2. The molecule has 0 saturated heterocycles. The zero-order valence-electron chi connectivity index (χ0n) is 12.8. The molecular weight excluding hydrogens is 332 g/mol. The number of carbonyl (C=O) groups is 3. The van der Waals surface area contributed by atoms with Gasteiger partial charge in [-0.25, -0.2) is 4.79 Å². The highest BCUT2D eigenvalue weighted by Crippen LogP contribution is 2.14. The molecule has 24 heavy (non-hydrogen) atoms. The number of primary amides is 1. The molecule has 0 fully saturated rings. The number of halogens is 1. The van der Waals surface area contributed by atoms with Gasteiger partial charge < -0.3 is 15.8 Å². The van der Waals surface area contributed by atoms with Crippen LogP contribution in [0.1, 0.15) is 27.6 Å². The van der Waals surface area contributed by atoms with E-state index in [9.17, 15) is 14.4 Å². The Morgan fingerprint density at radius 1 is 1.08 bits per heavy atom. The van der Waals surface area contributed by atoms with Crippen LogP contribution in [0, 0.1) is 0 Å². The molecule has 7 heteroatoms. The van der Waals surface area contributed by atoms with E-state index in [1.165, 1.54) is 37.3 Å². The van der Waals surface area contributed by atoms with E-state index in [-0.39, 0.29) is 5.56 Å². The third-order valence-electron chi connectivity index (χ3n) is 3.15. The van der Waals surface area contributed by atoms with Crippen molar-refractivity contribution < 1.29 is 19.1 Å². The molecule has 0 radical (unpaired) electrons. The van der Waals surface area contributed by atoms with Crippen molar-refractivity contribution in [3.05, 3.63) is 64.7 Å². The molecule has 2 amide bonds. The van der Waals surface area contributed by atoms with Crippen molar-refractivity contribution in [3.8, 4) is 0 Å². The molecule has 0 bridgehead atoms. The number of carbonyl (C=O) groups excluding carboxylic acids is 3. The number of hydrogen-bond donors (Lipinski definition) is 2. The van der Waals surface area contributed by atoms with Crippen molar-refractivity contribution in [2.45, 2.75) is 13.0 Å². The Morgan fingerprint density at radius 2 is 1.75 bits per heavy atom. The monoisotopic (exact) mass is 346 g/mol. The lowest BCUT2D eigenvalue weighted by Gasteiger charge is -2.13. The van der Waals surface area contributed by atoms with Crippen molar-refractivity contribution in [2.24, 2.45) is 5.73 Å². The van der Waals surface area contributed by atoms with Crippen molar-refractivity contribution in [1.29, 1.82) is 0 Å². The topological polar surface area (TPSA) is 98.5 Å². The highest BCUT2D eigenvalue weighted by Gasteiger charge is 2.19. The number of anilines is 1. The zero-order chi connectivity index (χ0) is 17.7. The van der Waals surface area contributed by atoms with Gasteiger partial charge in [0.1, 0.15) is 0 Å². The van der Waals surface area contributed by atoms with Crippen LogP contribution in [-0.2, 0) is 9.53 Å². The number of nitrogens with two attached hydrogens (primary N) is 1. The number of hydrogen-bond acceptors (Lipinski definition) is 4. The van der Waals surface area contributed by atoms with Gasteiger partial charge in [0.25, 0.3) is 5.91 Å². The third-order valence-corrected chi connectivity index (χ3v) is 3.39. The lowest BCUT2D eigenvalue weighted by molar-refractivity contribution is -0.123. The van der Waals surface area contributed by atoms with E-state index in [1.54, 1.807) is 18.2 Å². The summed E-state index contributed by atoms with van der Waals surface area (Å²) >= 11 is 5.81. The van der Waals surface area contributed by atoms with Gasteiger partial charge in [0, 0.05) is 16.3 Å². The first kappa shape index (κ1) is 17.5. The van der Waals surface area contributed by atoms with E-state index in [4.69, 9.17) is 22.1 Å². The first-order chi connectivity index (χ1) is 11.4. The summed E-state index contributed by atoms with van der Waals surface area (Å²) in [7, 11) is 0. The number of nitrogens with one attached hydrogen (secondary N) is 1. The fraction of sp³-hybridized carbons (Fsp3) is 0.118. The molecular formula is C17H15ClN2O4. The Bertz CT molecular complexity index is 774. The van der Waals surface area contributed by atoms with Crippen LogP contribution in [-0.4, -0.2) is 23.9 Å². The fourth-order valence-corrected chi connectivity index (χ4v) is 2.05. The van der Waals surface area contributed by atoms with E-state index in [1.807, 2.05) is 0 Å². The Hall–Kier alpha value is -2.86. The van der Waals surface area contributed by atoms with Gasteiger partial charge in [0.05, 0.1) is 5.56 Å². The van der Waals surface area contributed by atoms with Gasteiger partial charge in [-0.2, -0.15) is 0 Å². The second-order valence-corrected chi connectivity index (χ2v) is 5.43. The Labute approximate surface area is 143 Å². The Kier molecular flexibility index (Phi) is 5.55. The Balaban J connectivity index is 1.96. The van der Waals surface area contributed by atoms with Gasteiger partial charge >= 0.3 is 5.97 Å². The van der Waals surface area contributed by atoms with Crippen LogP contribution in [0.25, 0.3) is 0 Å². The molecule has 2 aromatic rings. The minimum Gasteiger partial charge on any atom is -0.449 e. The van der Waals surface area contributed by atoms with E-state index in [0.717, 1.165) is 0 Å². The van der Waals surface area contributed by atoms with Gasteiger partial charge in [-0.05, 0) is 49.4 Å². The van der Waals surface area contributed by atoms with Crippen LogP contribution in [0.2, 0.25) is 5.02 Å². The lowest BCUT2D eigenvalue weighted by Crippen LogP contribution is -2.30. The number of benzene rings is 2. The summed E-state index contributed by atoms with van der Waals surface area (Å²) in [6.45, 7) is 1.45. The van der Waals surface area contributed by atoms with Gasteiger partial charge in [0.2, 0.25) is 5.91 Å². The molecule has 0 heterocycles. The summed E-state index contributed by atoms with van der Waals surface area (Å²) < 4.78 is 5.10. The molecule has 0 spiro atoms. The van der Waals surface area contributed by atoms with Crippen molar-refractivity contribution >= 4 is 35.1 Å². The molecule has 6 nitrogen and oxygen atoms in total. The van der Waals surface area contributed by atoms with E-state index >= 15 is 0 Å². The minimum atomic E-state index is -1.01. The van der Waals surface area contributed by atoms with Crippen LogP contribution in [0.5, 0.6) is 0 Å². The number of rotatable bonds is 5. The molecule has 0 aliphatic heterocycles. The maximum atomic E-state index is 12.1. The standard InChI is InChI=1S/C17H15ClN2O4/c1-10(24-17(23)12-3-2-4-13(18)9-12)16(22)20-14-7-5-11(6-8-14)15(19)21/h2-10H,1H3,(H2,19,21)(H,20,22)/t10-/m0/s1. The minimum absolute atomic E-state index is 0.257. The quantitative estimate of drug-likeness (QED) is 0.813. The Morgan fingerprint density at radius 3 is 2.33 bits per heavy atom. The number of amides is 2. The number of esters is 1. The largest absolute Gasteiger partial charge is 0.449 e. The van der Waals surface area contributed by atoms with E-state index < -0.39 is 23.9 Å². The molecule has 1 atom stereocenters. The van der Waals surface area contributed by atoms with Crippen LogP contribution in [0.15, 0.2) is 48.5 Å². The van der Waals surface area contributed by atoms with Crippen LogP contribution >= 0.6 is 11.6 Å². The second-order valence-electron chi connectivity index (χ2n) is 4.99. The summed E-state index contributed by atoms with van der Waals surface area (Å²) in [6, 6.07) is 12.3. The molecule has 2 rings (SSSR count). The first-order valence-corrected chi connectivity index (χ1v) is 7.42. The molecule has 0 aromatic heterocycles. The van der Waals surface area contributed by atoms with E-state index in [2.05, 4.69) is 5.32 Å². The third kappa shape index (κ3) is 4.57.